The summed E-state index contributed by atoms with van der Waals surface area (Å²) in [6.45, 7) is 1.00. The van der Waals surface area contributed by atoms with Gasteiger partial charge in [0.1, 0.15) is 5.69 Å². The molecule has 0 aliphatic carbocycles. The van der Waals surface area contributed by atoms with Gasteiger partial charge in [-0.2, -0.15) is 0 Å². The molecule has 15 heavy (non-hydrogen) atoms. The lowest BCUT2D eigenvalue weighted by molar-refractivity contribution is -0.383. The number of hydrogen-bond donors (Lipinski definition) is 2. The van der Waals surface area contributed by atoms with Crippen LogP contribution in [0.3, 0.4) is 0 Å². The predicted molar refractivity (Wildman–Crippen MR) is 59.8 cm³/mol. The summed E-state index contributed by atoms with van der Waals surface area (Å²) in [5, 5.41) is 13.6. The maximum atomic E-state index is 10.6. The van der Waals surface area contributed by atoms with E-state index in [4.69, 9.17) is 5.73 Å². The van der Waals surface area contributed by atoms with Crippen molar-refractivity contribution in [3.63, 3.8) is 0 Å². The second-order valence-electron chi connectivity index (χ2n) is 2.86. The summed E-state index contributed by atoms with van der Waals surface area (Å²) in [7, 11) is 0. The predicted octanol–water partition coefficient (Wildman–Crippen LogP) is 1.52. The minimum atomic E-state index is -0.408. The van der Waals surface area contributed by atoms with Crippen molar-refractivity contribution in [3.05, 3.63) is 46.5 Å². The van der Waals surface area contributed by atoms with Gasteiger partial charge in [-0.25, -0.2) is 0 Å². The van der Waals surface area contributed by atoms with E-state index in [0.29, 0.717) is 18.8 Å². The molecule has 0 aromatic heterocycles. The van der Waals surface area contributed by atoms with Gasteiger partial charge in [-0.1, -0.05) is 24.3 Å². The molecular weight excluding hydrogens is 194 g/mol. The van der Waals surface area contributed by atoms with E-state index in [1.54, 1.807) is 24.3 Å². The van der Waals surface area contributed by atoms with E-state index in [1.165, 1.54) is 6.07 Å². The number of benzene rings is 1. The molecule has 1 rings (SSSR count). The first-order chi connectivity index (χ1) is 7.25. The Kier molecular flexibility index (Phi) is 4.30. The van der Waals surface area contributed by atoms with E-state index in [-0.39, 0.29) is 5.69 Å². The summed E-state index contributed by atoms with van der Waals surface area (Å²) in [5.41, 5.74) is 5.86. The molecule has 0 aliphatic heterocycles. The number of rotatable bonds is 5. The van der Waals surface area contributed by atoms with Crippen molar-refractivity contribution >= 4 is 11.4 Å². The zero-order valence-electron chi connectivity index (χ0n) is 8.22. The van der Waals surface area contributed by atoms with Crippen molar-refractivity contribution in [1.82, 2.24) is 0 Å². The van der Waals surface area contributed by atoms with Gasteiger partial charge in [0, 0.05) is 19.2 Å². The third-order valence-corrected chi connectivity index (χ3v) is 1.81. The molecule has 0 fully saturated rings. The van der Waals surface area contributed by atoms with Crippen LogP contribution in [0.5, 0.6) is 0 Å². The molecule has 0 saturated carbocycles. The topological polar surface area (TPSA) is 81.2 Å². The third kappa shape index (κ3) is 3.40. The Balaban J connectivity index is 2.67. The molecule has 80 valence electrons. The van der Waals surface area contributed by atoms with Crippen LogP contribution in [-0.4, -0.2) is 18.0 Å². The second kappa shape index (κ2) is 5.77. The third-order valence-electron chi connectivity index (χ3n) is 1.81. The number of hydrogen-bond acceptors (Lipinski definition) is 4. The molecule has 5 heteroatoms. The van der Waals surface area contributed by atoms with Crippen LogP contribution in [0.4, 0.5) is 11.4 Å². The van der Waals surface area contributed by atoms with Gasteiger partial charge in [0.05, 0.1) is 4.92 Å². The molecule has 0 amide bonds. The first kappa shape index (κ1) is 11.2. The number of nitro groups is 1. The minimum absolute atomic E-state index is 0.0821. The highest BCUT2D eigenvalue weighted by atomic mass is 16.6. The fourth-order valence-corrected chi connectivity index (χ4v) is 1.13. The molecule has 0 atom stereocenters. The fraction of sp³-hybridized carbons (Fsp3) is 0.200. The quantitative estimate of drug-likeness (QED) is 0.435. The van der Waals surface area contributed by atoms with Gasteiger partial charge in [0.25, 0.3) is 5.69 Å². The van der Waals surface area contributed by atoms with Crippen molar-refractivity contribution in [2.45, 2.75) is 0 Å². The first-order valence-electron chi connectivity index (χ1n) is 4.58. The van der Waals surface area contributed by atoms with Crippen LogP contribution in [0.25, 0.3) is 0 Å². The highest BCUT2D eigenvalue weighted by molar-refractivity contribution is 5.61. The molecule has 0 radical (unpaired) electrons. The van der Waals surface area contributed by atoms with Gasteiger partial charge < -0.3 is 11.1 Å². The Morgan fingerprint density at radius 2 is 2.13 bits per heavy atom. The van der Waals surface area contributed by atoms with Crippen molar-refractivity contribution in [2.24, 2.45) is 5.73 Å². The van der Waals surface area contributed by atoms with Crippen LogP contribution >= 0.6 is 0 Å². The maximum Gasteiger partial charge on any atom is 0.292 e. The van der Waals surface area contributed by atoms with E-state index < -0.39 is 4.92 Å². The van der Waals surface area contributed by atoms with Crippen molar-refractivity contribution < 1.29 is 4.92 Å². The van der Waals surface area contributed by atoms with Crippen molar-refractivity contribution in [3.8, 4) is 0 Å². The SMILES string of the molecule is NC/C=C/CNc1ccccc1[N+](=O)[O-]. The van der Waals surface area contributed by atoms with Gasteiger partial charge in [0.15, 0.2) is 0 Å². The molecule has 0 aliphatic rings. The maximum absolute atomic E-state index is 10.6. The Morgan fingerprint density at radius 3 is 2.80 bits per heavy atom. The van der Waals surface area contributed by atoms with Gasteiger partial charge in [0.2, 0.25) is 0 Å². The summed E-state index contributed by atoms with van der Waals surface area (Å²) in [6, 6.07) is 6.53. The number of anilines is 1. The molecule has 1 aromatic rings. The molecule has 0 heterocycles. The summed E-state index contributed by atoms with van der Waals surface area (Å²) < 4.78 is 0. The van der Waals surface area contributed by atoms with Crippen molar-refractivity contribution in [2.75, 3.05) is 18.4 Å². The van der Waals surface area contributed by atoms with E-state index in [1.807, 2.05) is 6.08 Å². The van der Waals surface area contributed by atoms with Gasteiger partial charge in [-0.3, -0.25) is 10.1 Å². The van der Waals surface area contributed by atoms with Gasteiger partial charge in [-0.05, 0) is 6.07 Å². The molecule has 0 spiro atoms. The lowest BCUT2D eigenvalue weighted by Crippen LogP contribution is -2.02. The summed E-state index contributed by atoms with van der Waals surface area (Å²) in [6.07, 6.45) is 3.62. The smallest absolute Gasteiger partial charge is 0.292 e. The number of nitrogens with zero attached hydrogens (tertiary/aromatic N) is 1. The number of para-hydroxylation sites is 2. The van der Waals surface area contributed by atoms with Crippen LogP contribution in [0.15, 0.2) is 36.4 Å². The molecule has 1 aromatic carbocycles. The fourth-order valence-electron chi connectivity index (χ4n) is 1.13. The Bertz CT molecular complexity index is 363. The van der Waals surface area contributed by atoms with Crippen LogP contribution in [-0.2, 0) is 0 Å². The molecular formula is C10H13N3O2. The Labute approximate surface area is 87.7 Å². The average molecular weight is 207 g/mol. The largest absolute Gasteiger partial charge is 0.376 e. The standard InChI is InChI=1S/C10H13N3O2/c11-7-3-4-8-12-9-5-1-2-6-10(9)13(14)15/h1-6,12H,7-8,11H2/b4-3+. The lowest BCUT2D eigenvalue weighted by atomic mass is 10.2. The van der Waals surface area contributed by atoms with Crippen LogP contribution in [0.2, 0.25) is 0 Å². The number of nitrogens with one attached hydrogen (secondary N) is 1. The Hall–Kier alpha value is -1.88. The molecule has 3 N–H and O–H groups in total. The normalized spacial score (nSPS) is 10.5. The molecule has 5 nitrogen and oxygen atoms in total. The van der Waals surface area contributed by atoms with Crippen molar-refractivity contribution in [1.29, 1.82) is 0 Å². The number of nitrogens with two attached hydrogens (primary N) is 1. The highest BCUT2D eigenvalue weighted by Gasteiger charge is 2.10. The summed E-state index contributed by atoms with van der Waals surface area (Å²) in [4.78, 5) is 10.2. The summed E-state index contributed by atoms with van der Waals surface area (Å²) >= 11 is 0. The van der Waals surface area contributed by atoms with E-state index in [9.17, 15) is 10.1 Å². The van der Waals surface area contributed by atoms with E-state index >= 15 is 0 Å². The lowest BCUT2D eigenvalue weighted by Gasteiger charge is -2.03. The van der Waals surface area contributed by atoms with Crippen LogP contribution < -0.4 is 11.1 Å². The van der Waals surface area contributed by atoms with Gasteiger partial charge in [-0.15, -0.1) is 0 Å². The van der Waals surface area contributed by atoms with Crippen LogP contribution in [0, 0.1) is 10.1 Å². The second-order valence-corrected chi connectivity index (χ2v) is 2.86. The zero-order chi connectivity index (χ0) is 11.1. The first-order valence-corrected chi connectivity index (χ1v) is 4.58. The van der Waals surface area contributed by atoms with Gasteiger partial charge >= 0.3 is 0 Å². The van der Waals surface area contributed by atoms with E-state index in [0.717, 1.165) is 0 Å². The molecule has 0 bridgehead atoms. The van der Waals surface area contributed by atoms with Crippen LogP contribution in [0.1, 0.15) is 0 Å². The monoisotopic (exact) mass is 207 g/mol. The molecule has 0 unspecified atom stereocenters. The summed E-state index contributed by atoms with van der Waals surface area (Å²) in [5.74, 6) is 0. The minimum Gasteiger partial charge on any atom is -0.376 e. The Morgan fingerprint density at radius 1 is 1.40 bits per heavy atom. The highest BCUT2D eigenvalue weighted by Crippen LogP contribution is 2.22. The zero-order valence-corrected chi connectivity index (χ0v) is 8.22. The number of nitro benzene ring substituents is 1. The average Bonchev–Trinajstić information content (AvgIpc) is 2.25. The molecule has 0 saturated heterocycles. The van der Waals surface area contributed by atoms with E-state index in [2.05, 4.69) is 5.32 Å².